The number of halogens is 2. The maximum Gasteiger partial charge on any atom is 0.387 e. The molecule has 2 rings (SSSR count). The van der Waals surface area contributed by atoms with Crippen molar-refractivity contribution in [3.05, 3.63) is 17.7 Å². The summed E-state index contributed by atoms with van der Waals surface area (Å²) in [6.07, 6.45) is 0.889. The summed E-state index contributed by atoms with van der Waals surface area (Å²) in [5.74, 6) is 1.09. The van der Waals surface area contributed by atoms with Gasteiger partial charge in [0.1, 0.15) is 5.75 Å². The molecule has 22 heavy (non-hydrogen) atoms. The fourth-order valence-electron chi connectivity index (χ4n) is 1.87. The smallest absolute Gasteiger partial charge is 0.387 e. The Labute approximate surface area is 127 Å². The Bertz CT molecular complexity index is 552. The second-order valence-electron chi connectivity index (χ2n) is 4.85. The van der Waals surface area contributed by atoms with Gasteiger partial charge >= 0.3 is 6.61 Å². The number of rotatable bonds is 6. The normalized spacial score (nSPS) is 15.0. The summed E-state index contributed by atoms with van der Waals surface area (Å²) in [7, 11) is 0. The fraction of sp³-hybridized carbons (Fsp3) is 0.500. The van der Waals surface area contributed by atoms with E-state index in [-0.39, 0.29) is 31.1 Å². The molecule has 1 atom stereocenters. The predicted molar refractivity (Wildman–Crippen MR) is 77.4 cm³/mol. The fourth-order valence-corrected chi connectivity index (χ4v) is 1.87. The van der Waals surface area contributed by atoms with Crippen LogP contribution in [0.5, 0.6) is 17.2 Å². The summed E-state index contributed by atoms with van der Waals surface area (Å²) in [5, 5.41) is 3.00. The van der Waals surface area contributed by atoms with Crippen molar-refractivity contribution in [2.24, 2.45) is 10.7 Å². The zero-order chi connectivity index (χ0) is 16.1. The third kappa shape index (κ3) is 4.12. The van der Waals surface area contributed by atoms with Gasteiger partial charge in [0.05, 0.1) is 6.54 Å². The third-order valence-corrected chi connectivity index (χ3v) is 3.20. The van der Waals surface area contributed by atoms with Crippen LogP contribution in [0.4, 0.5) is 8.78 Å². The first kappa shape index (κ1) is 16.1. The average Bonchev–Trinajstić information content (AvgIpc) is 2.91. The number of hydrogen-bond acceptors (Lipinski definition) is 4. The van der Waals surface area contributed by atoms with Gasteiger partial charge in [0.15, 0.2) is 17.5 Å². The van der Waals surface area contributed by atoms with Crippen LogP contribution in [0.1, 0.15) is 25.8 Å². The predicted octanol–water partition coefficient (Wildman–Crippen LogP) is 2.22. The lowest BCUT2D eigenvalue weighted by atomic mass is 10.1. The van der Waals surface area contributed by atoms with Crippen molar-refractivity contribution in [1.82, 2.24) is 5.32 Å². The average molecular weight is 315 g/mol. The second kappa shape index (κ2) is 7.15. The first-order chi connectivity index (χ1) is 10.5. The molecule has 0 aliphatic carbocycles. The van der Waals surface area contributed by atoms with Crippen molar-refractivity contribution < 1.29 is 23.0 Å². The van der Waals surface area contributed by atoms with Gasteiger partial charge in [-0.25, -0.2) is 4.99 Å². The van der Waals surface area contributed by atoms with Gasteiger partial charge in [0.25, 0.3) is 0 Å². The molecule has 0 bridgehead atoms. The van der Waals surface area contributed by atoms with Gasteiger partial charge in [0, 0.05) is 17.7 Å². The van der Waals surface area contributed by atoms with E-state index in [1.165, 1.54) is 6.07 Å². The molecule has 0 saturated heterocycles. The van der Waals surface area contributed by atoms with Gasteiger partial charge in [-0.3, -0.25) is 0 Å². The molecule has 0 radical (unpaired) electrons. The summed E-state index contributed by atoms with van der Waals surface area (Å²) in [6, 6.07) is 3.12. The van der Waals surface area contributed by atoms with Crippen molar-refractivity contribution in [1.29, 1.82) is 0 Å². The van der Waals surface area contributed by atoms with E-state index in [9.17, 15) is 8.78 Å². The highest BCUT2D eigenvalue weighted by Crippen LogP contribution is 2.38. The molecular weight excluding hydrogens is 296 g/mol. The van der Waals surface area contributed by atoms with E-state index in [2.05, 4.69) is 15.0 Å². The first-order valence-corrected chi connectivity index (χ1v) is 6.93. The molecule has 0 spiro atoms. The van der Waals surface area contributed by atoms with E-state index in [0.29, 0.717) is 17.1 Å². The largest absolute Gasteiger partial charge is 0.454 e. The molecule has 1 aliphatic rings. The van der Waals surface area contributed by atoms with Crippen LogP contribution in [-0.4, -0.2) is 25.4 Å². The molecule has 0 amide bonds. The number of alkyl halides is 2. The monoisotopic (exact) mass is 315 g/mol. The van der Waals surface area contributed by atoms with E-state index in [1.807, 2.05) is 13.8 Å². The third-order valence-electron chi connectivity index (χ3n) is 3.20. The summed E-state index contributed by atoms with van der Waals surface area (Å²) < 4.78 is 39.9. The molecule has 6 nitrogen and oxygen atoms in total. The van der Waals surface area contributed by atoms with Crippen molar-refractivity contribution in [3.63, 3.8) is 0 Å². The van der Waals surface area contributed by atoms with Crippen LogP contribution in [0.3, 0.4) is 0 Å². The van der Waals surface area contributed by atoms with Crippen LogP contribution < -0.4 is 25.3 Å². The lowest BCUT2D eigenvalue weighted by Gasteiger charge is -2.13. The molecule has 0 aromatic heterocycles. The number of benzene rings is 1. The number of aliphatic imine (C=N–C) groups is 1. The van der Waals surface area contributed by atoms with Crippen molar-refractivity contribution in [3.8, 4) is 17.2 Å². The molecule has 1 unspecified atom stereocenters. The van der Waals surface area contributed by atoms with Gasteiger partial charge in [-0.15, -0.1) is 0 Å². The highest BCUT2D eigenvalue weighted by molar-refractivity contribution is 5.78. The molecule has 122 valence electrons. The number of nitrogens with zero attached hydrogens (tertiary/aromatic N) is 1. The van der Waals surface area contributed by atoms with Crippen molar-refractivity contribution in [2.45, 2.75) is 39.5 Å². The second-order valence-corrected chi connectivity index (χ2v) is 4.85. The molecule has 0 fully saturated rings. The summed E-state index contributed by atoms with van der Waals surface area (Å²) in [4.78, 5) is 4.14. The molecule has 1 heterocycles. The molecule has 0 saturated carbocycles. The SMILES string of the molecule is CCC(C)NC(N)=NCc1cc2c(cc1OC(F)F)OCO2. The number of nitrogens with one attached hydrogen (secondary N) is 1. The summed E-state index contributed by atoms with van der Waals surface area (Å²) >= 11 is 0. The van der Waals surface area contributed by atoms with Crippen LogP contribution in [0.2, 0.25) is 0 Å². The van der Waals surface area contributed by atoms with Crippen LogP contribution in [-0.2, 0) is 6.54 Å². The minimum Gasteiger partial charge on any atom is -0.454 e. The first-order valence-electron chi connectivity index (χ1n) is 6.93. The zero-order valence-electron chi connectivity index (χ0n) is 12.4. The Hall–Kier alpha value is -2.25. The van der Waals surface area contributed by atoms with E-state index >= 15 is 0 Å². The Kier molecular flexibility index (Phi) is 5.24. The highest BCUT2D eigenvalue weighted by atomic mass is 19.3. The summed E-state index contributed by atoms with van der Waals surface area (Å²) in [6.45, 7) is 1.19. The number of guanidine groups is 1. The Morgan fingerprint density at radius 2 is 2.09 bits per heavy atom. The van der Waals surface area contributed by atoms with Crippen LogP contribution in [0.25, 0.3) is 0 Å². The highest BCUT2D eigenvalue weighted by Gasteiger charge is 2.19. The standard InChI is InChI=1S/C14H19F2N3O3/c1-3-8(2)19-14(17)18-6-9-4-11-12(21-7-20-11)5-10(9)22-13(15)16/h4-5,8,13H,3,6-7H2,1-2H3,(H3,17,18,19). The van der Waals surface area contributed by atoms with Crippen molar-refractivity contribution >= 4 is 5.96 Å². The lowest BCUT2D eigenvalue weighted by molar-refractivity contribution is -0.0504. The molecule has 8 heteroatoms. The van der Waals surface area contributed by atoms with Crippen LogP contribution >= 0.6 is 0 Å². The van der Waals surface area contributed by atoms with E-state index in [4.69, 9.17) is 15.2 Å². The summed E-state index contributed by atoms with van der Waals surface area (Å²) in [5.41, 5.74) is 6.20. The van der Waals surface area contributed by atoms with Gasteiger partial charge in [-0.1, -0.05) is 6.92 Å². The van der Waals surface area contributed by atoms with Crippen molar-refractivity contribution in [2.75, 3.05) is 6.79 Å². The molecule has 1 aromatic carbocycles. The van der Waals surface area contributed by atoms with Gasteiger partial charge in [-0.2, -0.15) is 8.78 Å². The van der Waals surface area contributed by atoms with Crippen LogP contribution in [0.15, 0.2) is 17.1 Å². The Morgan fingerprint density at radius 3 is 2.73 bits per heavy atom. The van der Waals surface area contributed by atoms with E-state index in [1.54, 1.807) is 6.07 Å². The Balaban J connectivity index is 2.16. The lowest BCUT2D eigenvalue weighted by Crippen LogP contribution is -2.38. The molecule has 3 N–H and O–H groups in total. The molecular formula is C14H19F2N3O3. The van der Waals surface area contributed by atoms with Crippen LogP contribution in [0, 0.1) is 0 Å². The maximum absolute atomic E-state index is 12.5. The quantitative estimate of drug-likeness (QED) is 0.622. The molecule has 1 aliphatic heterocycles. The minimum atomic E-state index is -2.93. The number of nitrogens with two attached hydrogens (primary N) is 1. The minimum absolute atomic E-state index is 0.000611. The number of fused-ring (bicyclic) bond motifs is 1. The van der Waals surface area contributed by atoms with Gasteiger partial charge in [0.2, 0.25) is 6.79 Å². The number of ether oxygens (including phenoxy) is 3. The van der Waals surface area contributed by atoms with Gasteiger partial charge < -0.3 is 25.3 Å². The maximum atomic E-state index is 12.5. The molecule has 1 aromatic rings. The van der Waals surface area contributed by atoms with E-state index in [0.717, 1.165) is 6.42 Å². The Morgan fingerprint density at radius 1 is 1.41 bits per heavy atom. The van der Waals surface area contributed by atoms with E-state index < -0.39 is 6.61 Å². The topological polar surface area (TPSA) is 78.1 Å². The van der Waals surface area contributed by atoms with Gasteiger partial charge in [-0.05, 0) is 19.4 Å². The zero-order valence-corrected chi connectivity index (χ0v) is 12.4. The number of hydrogen-bond donors (Lipinski definition) is 2.